The molecule has 4 heterocycles. The molecule has 0 saturated heterocycles. The summed E-state index contributed by atoms with van der Waals surface area (Å²) in [5.41, 5.74) is 5.10. The lowest BCUT2D eigenvalue weighted by atomic mass is 10.0. The van der Waals surface area contributed by atoms with E-state index in [1.165, 1.54) is 5.57 Å². The predicted molar refractivity (Wildman–Crippen MR) is 108 cm³/mol. The van der Waals surface area contributed by atoms with Crippen molar-refractivity contribution in [2.45, 2.75) is 19.8 Å². The fraction of sp³-hybridized carbons (Fsp3) is 0.286. The van der Waals surface area contributed by atoms with Gasteiger partial charge >= 0.3 is 0 Å². The van der Waals surface area contributed by atoms with E-state index in [-0.39, 0.29) is 0 Å². The monoisotopic (exact) mass is 379 g/mol. The lowest BCUT2D eigenvalue weighted by molar-refractivity contribution is 0.204. The van der Waals surface area contributed by atoms with Crippen molar-refractivity contribution in [2.24, 2.45) is 0 Å². The molecule has 138 valence electrons. The average Bonchev–Trinajstić information content (AvgIpc) is 3.10. The third-order valence-electron chi connectivity index (χ3n) is 4.44. The molecule has 27 heavy (non-hydrogen) atoms. The highest BCUT2D eigenvalue weighted by molar-refractivity contribution is 7.18. The molecule has 0 saturated carbocycles. The Labute approximate surface area is 162 Å². The summed E-state index contributed by atoms with van der Waals surface area (Å²) in [5.74, 6) is 0.850. The van der Waals surface area contributed by atoms with Crippen LogP contribution in [0.4, 0.5) is 0 Å². The highest BCUT2D eigenvalue weighted by Gasteiger charge is 2.20. The first kappa shape index (κ1) is 17.8. The number of methoxy groups -OCH3 is 1. The van der Waals surface area contributed by atoms with Gasteiger partial charge in [-0.1, -0.05) is 6.08 Å². The van der Waals surface area contributed by atoms with Crippen LogP contribution in [0.5, 0.6) is 5.75 Å². The molecular weight excluding hydrogens is 358 g/mol. The minimum Gasteiger partial charge on any atom is -0.491 e. The van der Waals surface area contributed by atoms with Gasteiger partial charge in [-0.3, -0.25) is 4.98 Å². The Bertz CT molecular complexity index is 967. The Morgan fingerprint density at radius 1 is 1.26 bits per heavy atom. The first-order valence-corrected chi connectivity index (χ1v) is 9.78. The van der Waals surface area contributed by atoms with Crippen molar-refractivity contribution < 1.29 is 9.47 Å². The van der Waals surface area contributed by atoms with E-state index in [0.717, 1.165) is 51.1 Å². The van der Waals surface area contributed by atoms with Gasteiger partial charge in [-0.15, -0.1) is 11.3 Å². The van der Waals surface area contributed by atoms with Gasteiger partial charge in [-0.2, -0.15) is 0 Å². The van der Waals surface area contributed by atoms with Gasteiger partial charge in [0.2, 0.25) is 0 Å². The summed E-state index contributed by atoms with van der Waals surface area (Å²) in [6.07, 6.45) is 7.57. The summed E-state index contributed by atoms with van der Waals surface area (Å²) in [4.78, 5) is 14.9. The highest BCUT2D eigenvalue weighted by Crippen LogP contribution is 2.38. The normalized spacial score (nSPS) is 14.8. The van der Waals surface area contributed by atoms with Crippen LogP contribution < -0.4 is 4.74 Å². The smallest absolute Gasteiger partial charge is 0.145 e. The lowest BCUT2D eigenvalue weighted by Crippen LogP contribution is -2.10. The summed E-state index contributed by atoms with van der Waals surface area (Å²) < 4.78 is 11.0. The fourth-order valence-corrected chi connectivity index (χ4v) is 4.13. The van der Waals surface area contributed by atoms with Crippen molar-refractivity contribution in [3.05, 3.63) is 54.1 Å². The summed E-state index contributed by atoms with van der Waals surface area (Å²) in [5, 5.41) is 0.960. The Hall–Kier alpha value is -2.57. The largest absolute Gasteiger partial charge is 0.491 e. The molecule has 1 aliphatic rings. The average molecular weight is 379 g/mol. The number of aryl methyl sites for hydroxylation is 1. The molecule has 0 amide bonds. The minimum absolute atomic E-state index is 0.692. The second-order valence-corrected chi connectivity index (χ2v) is 7.33. The molecule has 1 aliphatic heterocycles. The van der Waals surface area contributed by atoms with Gasteiger partial charge in [-0.05, 0) is 43.2 Å². The molecule has 3 aromatic rings. The second kappa shape index (κ2) is 7.98. The molecular formula is C21H21N3O2S. The number of pyridine rings is 2. The maximum Gasteiger partial charge on any atom is 0.145 e. The summed E-state index contributed by atoms with van der Waals surface area (Å²) in [7, 11) is 1.72. The number of thiazole rings is 1. The summed E-state index contributed by atoms with van der Waals surface area (Å²) >= 11 is 1.65. The van der Waals surface area contributed by atoms with Crippen LogP contribution in [0.3, 0.4) is 0 Å². The number of ether oxygens (including phenoxy) is 2. The van der Waals surface area contributed by atoms with Crippen molar-refractivity contribution in [1.29, 1.82) is 0 Å². The van der Waals surface area contributed by atoms with Gasteiger partial charge in [0.05, 0.1) is 22.9 Å². The van der Waals surface area contributed by atoms with Crippen LogP contribution in [0.1, 0.15) is 24.2 Å². The first-order valence-electron chi connectivity index (χ1n) is 8.96. The van der Waals surface area contributed by atoms with Crippen molar-refractivity contribution in [2.75, 3.05) is 20.3 Å². The molecule has 0 bridgehead atoms. The summed E-state index contributed by atoms with van der Waals surface area (Å²) in [6, 6.07) is 7.99. The molecule has 0 aliphatic carbocycles. The number of rotatable bonds is 5. The Kier molecular flexibility index (Phi) is 5.27. The van der Waals surface area contributed by atoms with Crippen LogP contribution in [0.25, 0.3) is 26.7 Å². The van der Waals surface area contributed by atoms with Crippen LogP contribution in [0, 0.1) is 6.92 Å². The van der Waals surface area contributed by atoms with Gasteiger partial charge < -0.3 is 9.47 Å². The molecule has 3 aromatic heterocycles. The first-order chi connectivity index (χ1) is 13.3. The van der Waals surface area contributed by atoms with E-state index < -0.39 is 0 Å². The van der Waals surface area contributed by atoms with E-state index in [0.29, 0.717) is 13.2 Å². The second-order valence-electron chi connectivity index (χ2n) is 6.33. The molecule has 0 spiro atoms. The highest BCUT2D eigenvalue weighted by atomic mass is 32.1. The number of nitrogens with zero attached hydrogens (tertiary/aromatic N) is 3. The Balaban J connectivity index is 1.71. The summed E-state index contributed by atoms with van der Waals surface area (Å²) in [6.45, 7) is 3.43. The molecule has 5 nitrogen and oxygen atoms in total. The van der Waals surface area contributed by atoms with Crippen molar-refractivity contribution in [3.63, 3.8) is 0 Å². The number of fused-ring (bicyclic) bond motifs is 1. The maximum atomic E-state index is 5.80. The van der Waals surface area contributed by atoms with E-state index in [1.54, 1.807) is 24.6 Å². The van der Waals surface area contributed by atoms with Gasteiger partial charge in [-0.25, -0.2) is 9.97 Å². The standard InChI is InChI=1S/C21H21N3O2S/c1-14-20(27-21(23-14)16-5-3-10-22-13-16)17-7-8-18-19(24-17)15(9-12-26-18)6-4-11-25-2/h3,5-8,10,13H,4,9,11-12H2,1-2H3. The zero-order valence-electron chi connectivity index (χ0n) is 15.4. The number of hydrogen-bond acceptors (Lipinski definition) is 6. The Morgan fingerprint density at radius 3 is 3.00 bits per heavy atom. The van der Waals surface area contributed by atoms with Crippen molar-refractivity contribution in [1.82, 2.24) is 15.0 Å². The minimum atomic E-state index is 0.692. The van der Waals surface area contributed by atoms with Crippen molar-refractivity contribution in [3.8, 4) is 26.9 Å². The molecule has 0 N–H and O–H groups in total. The lowest BCUT2D eigenvalue weighted by Gasteiger charge is -2.20. The van der Waals surface area contributed by atoms with Gasteiger partial charge in [0, 0.05) is 38.1 Å². The van der Waals surface area contributed by atoms with E-state index >= 15 is 0 Å². The fourth-order valence-electron chi connectivity index (χ4n) is 3.11. The SMILES string of the molecule is COCCC=C1CCOc2ccc(-c3sc(-c4cccnc4)nc3C)nc21. The van der Waals surface area contributed by atoms with Crippen LogP contribution in [-0.2, 0) is 4.74 Å². The van der Waals surface area contributed by atoms with E-state index in [1.807, 2.05) is 37.4 Å². The van der Waals surface area contributed by atoms with Crippen LogP contribution in [0.15, 0.2) is 42.7 Å². The predicted octanol–water partition coefficient (Wildman–Crippen LogP) is 4.78. The van der Waals surface area contributed by atoms with Crippen molar-refractivity contribution >= 4 is 16.9 Å². The van der Waals surface area contributed by atoms with Crippen LogP contribution in [-0.4, -0.2) is 35.3 Å². The van der Waals surface area contributed by atoms with Gasteiger partial charge in [0.25, 0.3) is 0 Å². The maximum absolute atomic E-state index is 5.80. The topological polar surface area (TPSA) is 57.1 Å². The molecule has 0 aromatic carbocycles. The van der Waals surface area contributed by atoms with E-state index in [4.69, 9.17) is 19.4 Å². The third-order valence-corrected chi connectivity index (χ3v) is 5.67. The molecule has 0 unspecified atom stereocenters. The third kappa shape index (κ3) is 3.77. The van der Waals surface area contributed by atoms with E-state index in [2.05, 4.69) is 11.1 Å². The number of aromatic nitrogens is 3. The van der Waals surface area contributed by atoms with E-state index in [9.17, 15) is 0 Å². The van der Waals surface area contributed by atoms with Gasteiger partial charge in [0.1, 0.15) is 16.5 Å². The quantitative estimate of drug-likeness (QED) is 0.597. The molecule has 4 rings (SSSR count). The molecule has 0 radical (unpaired) electrons. The zero-order chi connectivity index (χ0) is 18.6. The van der Waals surface area contributed by atoms with Crippen LogP contribution >= 0.6 is 11.3 Å². The van der Waals surface area contributed by atoms with Crippen LogP contribution in [0.2, 0.25) is 0 Å². The zero-order valence-corrected chi connectivity index (χ0v) is 16.3. The molecule has 0 fully saturated rings. The number of hydrogen-bond donors (Lipinski definition) is 0. The molecule has 6 heteroatoms. The Morgan fingerprint density at radius 2 is 2.19 bits per heavy atom. The van der Waals surface area contributed by atoms with Gasteiger partial charge in [0.15, 0.2) is 0 Å². The molecule has 0 atom stereocenters.